The van der Waals surface area contributed by atoms with E-state index in [0.717, 1.165) is 6.29 Å². The van der Waals surface area contributed by atoms with E-state index in [1.807, 2.05) is 13.8 Å². The summed E-state index contributed by atoms with van der Waals surface area (Å²) in [6.45, 7) is 4.76. The van der Waals surface area contributed by atoms with Gasteiger partial charge < -0.3 is 14.3 Å². The predicted octanol–water partition coefficient (Wildman–Crippen LogP) is 1.02. The van der Waals surface area contributed by atoms with Crippen LogP contribution in [0, 0.1) is 0 Å². The summed E-state index contributed by atoms with van der Waals surface area (Å²) in [5.74, 6) is 1.29. The summed E-state index contributed by atoms with van der Waals surface area (Å²) in [5, 5.41) is 0. The molecule has 0 aliphatic rings. The number of rotatable bonds is 6. The average Bonchev–Trinajstić information content (AvgIpc) is 2.19. The highest BCUT2D eigenvalue weighted by molar-refractivity contribution is 5.52. The topological polar surface area (TPSA) is 61.3 Å². The van der Waals surface area contributed by atoms with E-state index in [9.17, 15) is 4.79 Å². The molecule has 0 N–H and O–H groups in total. The highest BCUT2D eigenvalue weighted by Crippen LogP contribution is 2.15. The van der Waals surface area contributed by atoms with Crippen molar-refractivity contribution in [3.8, 4) is 11.8 Å². The van der Waals surface area contributed by atoms with E-state index in [2.05, 4.69) is 9.97 Å². The Morgan fingerprint density at radius 2 is 1.73 bits per heavy atom. The molecular weight excluding hydrogens is 196 g/mol. The van der Waals surface area contributed by atoms with Gasteiger partial charge in [-0.25, -0.2) is 0 Å². The van der Waals surface area contributed by atoms with Crippen molar-refractivity contribution >= 4 is 6.29 Å². The van der Waals surface area contributed by atoms with Gasteiger partial charge in [-0.3, -0.25) is 0 Å². The third kappa shape index (κ3) is 3.53. The fraction of sp³-hybridized carbons (Fsp3) is 0.500. The average molecular weight is 210 g/mol. The van der Waals surface area contributed by atoms with E-state index < -0.39 is 0 Å². The summed E-state index contributed by atoms with van der Waals surface area (Å²) >= 11 is 0. The van der Waals surface area contributed by atoms with E-state index in [4.69, 9.17) is 9.47 Å². The zero-order chi connectivity index (χ0) is 11.1. The maximum absolute atomic E-state index is 10.4. The van der Waals surface area contributed by atoms with Crippen molar-refractivity contribution in [1.29, 1.82) is 0 Å². The van der Waals surface area contributed by atoms with E-state index in [1.54, 1.807) is 6.07 Å². The SMILES string of the molecule is CCOc1cc(OCC)nc(CC=O)n1. The molecule has 0 unspecified atom stereocenters. The Balaban J connectivity index is 2.91. The molecule has 0 radical (unpaired) electrons. The fourth-order valence-electron chi connectivity index (χ4n) is 1.06. The predicted molar refractivity (Wildman–Crippen MR) is 54.1 cm³/mol. The van der Waals surface area contributed by atoms with Crippen LogP contribution in [0.15, 0.2) is 6.07 Å². The van der Waals surface area contributed by atoms with E-state index >= 15 is 0 Å². The van der Waals surface area contributed by atoms with Crippen LogP contribution in [0.3, 0.4) is 0 Å². The van der Waals surface area contributed by atoms with Crippen LogP contribution in [-0.2, 0) is 11.2 Å². The molecule has 0 atom stereocenters. The maximum atomic E-state index is 10.4. The summed E-state index contributed by atoms with van der Waals surface area (Å²) in [6, 6.07) is 1.61. The van der Waals surface area contributed by atoms with E-state index in [-0.39, 0.29) is 6.42 Å². The van der Waals surface area contributed by atoms with Crippen LogP contribution in [0.2, 0.25) is 0 Å². The van der Waals surface area contributed by atoms with Gasteiger partial charge in [0.05, 0.1) is 25.7 Å². The number of aldehydes is 1. The monoisotopic (exact) mass is 210 g/mol. The highest BCUT2D eigenvalue weighted by Gasteiger charge is 2.05. The minimum atomic E-state index is 0.168. The Morgan fingerprint density at radius 3 is 2.13 bits per heavy atom. The Kier molecular flexibility index (Phi) is 4.53. The number of hydrogen-bond acceptors (Lipinski definition) is 5. The first-order chi connectivity index (χ1) is 7.30. The van der Waals surface area contributed by atoms with Crippen LogP contribution in [0.5, 0.6) is 11.8 Å². The lowest BCUT2D eigenvalue weighted by Gasteiger charge is -2.07. The summed E-state index contributed by atoms with van der Waals surface area (Å²) in [7, 11) is 0. The summed E-state index contributed by atoms with van der Waals surface area (Å²) in [5.41, 5.74) is 0. The van der Waals surface area contributed by atoms with Crippen LogP contribution >= 0.6 is 0 Å². The lowest BCUT2D eigenvalue weighted by molar-refractivity contribution is -0.107. The highest BCUT2D eigenvalue weighted by atomic mass is 16.5. The number of nitrogens with zero attached hydrogens (tertiary/aromatic N) is 2. The molecule has 1 aromatic heterocycles. The number of carbonyl (C=O) groups is 1. The van der Waals surface area contributed by atoms with Crippen LogP contribution in [0.4, 0.5) is 0 Å². The number of carbonyl (C=O) groups excluding carboxylic acids is 1. The van der Waals surface area contributed by atoms with Crippen molar-refractivity contribution in [2.24, 2.45) is 0 Å². The molecule has 1 aromatic rings. The van der Waals surface area contributed by atoms with Crippen LogP contribution < -0.4 is 9.47 Å². The van der Waals surface area contributed by atoms with Crippen molar-refractivity contribution < 1.29 is 14.3 Å². The van der Waals surface area contributed by atoms with Gasteiger partial charge in [0.25, 0.3) is 0 Å². The summed E-state index contributed by atoms with van der Waals surface area (Å²) in [4.78, 5) is 18.5. The summed E-state index contributed by atoms with van der Waals surface area (Å²) in [6.07, 6.45) is 0.918. The second-order valence-corrected chi connectivity index (χ2v) is 2.70. The van der Waals surface area contributed by atoms with E-state index in [0.29, 0.717) is 30.8 Å². The number of hydrogen-bond donors (Lipinski definition) is 0. The molecule has 1 heterocycles. The molecule has 0 aliphatic heterocycles. The largest absolute Gasteiger partial charge is 0.478 e. The van der Waals surface area contributed by atoms with Crippen molar-refractivity contribution in [3.05, 3.63) is 11.9 Å². The maximum Gasteiger partial charge on any atom is 0.220 e. The second kappa shape index (κ2) is 5.95. The summed E-state index contributed by atoms with van der Waals surface area (Å²) < 4.78 is 10.5. The van der Waals surface area contributed by atoms with Crippen molar-refractivity contribution in [2.75, 3.05) is 13.2 Å². The molecule has 82 valence electrons. The molecule has 0 bridgehead atoms. The van der Waals surface area contributed by atoms with Crippen LogP contribution in [-0.4, -0.2) is 29.5 Å². The molecule has 0 saturated carbocycles. The van der Waals surface area contributed by atoms with Gasteiger partial charge >= 0.3 is 0 Å². The minimum Gasteiger partial charge on any atom is -0.478 e. The van der Waals surface area contributed by atoms with Gasteiger partial charge in [-0.05, 0) is 13.8 Å². The standard InChI is InChI=1S/C10H14N2O3/c1-3-14-9-7-10(15-4-2)12-8(11-9)5-6-13/h6-7H,3-5H2,1-2H3. The molecule has 0 fully saturated rings. The molecule has 0 saturated heterocycles. The molecular formula is C10H14N2O3. The molecule has 0 spiro atoms. The van der Waals surface area contributed by atoms with Crippen molar-refractivity contribution in [2.45, 2.75) is 20.3 Å². The first-order valence-corrected chi connectivity index (χ1v) is 4.87. The normalized spacial score (nSPS) is 9.73. The van der Waals surface area contributed by atoms with Gasteiger partial charge in [-0.15, -0.1) is 0 Å². The van der Waals surface area contributed by atoms with Crippen LogP contribution in [0.1, 0.15) is 19.7 Å². The lowest BCUT2D eigenvalue weighted by Crippen LogP contribution is -2.04. The second-order valence-electron chi connectivity index (χ2n) is 2.70. The number of ether oxygens (including phenoxy) is 2. The van der Waals surface area contributed by atoms with Gasteiger partial charge in [0.1, 0.15) is 12.1 Å². The van der Waals surface area contributed by atoms with Gasteiger partial charge in [0.15, 0.2) is 0 Å². The molecule has 0 aliphatic carbocycles. The molecule has 15 heavy (non-hydrogen) atoms. The molecule has 1 rings (SSSR count). The third-order valence-electron chi connectivity index (χ3n) is 1.58. The Hall–Kier alpha value is -1.65. The Morgan fingerprint density at radius 1 is 1.20 bits per heavy atom. The first-order valence-electron chi connectivity index (χ1n) is 4.87. The van der Waals surface area contributed by atoms with Gasteiger partial charge in [0, 0.05) is 0 Å². The van der Waals surface area contributed by atoms with Gasteiger partial charge in [-0.2, -0.15) is 9.97 Å². The zero-order valence-corrected chi connectivity index (χ0v) is 8.90. The minimum absolute atomic E-state index is 0.168. The molecule has 0 aromatic carbocycles. The molecule has 5 heteroatoms. The van der Waals surface area contributed by atoms with Crippen molar-refractivity contribution in [1.82, 2.24) is 9.97 Å². The zero-order valence-electron chi connectivity index (χ0n) is 8.90. The quantitative estimate of drug-likeness (QED) is 0.656. The Bertz CT molecular complexity index is 304. The Labute approximate surface area is 88.4 Å². The van der Waals surface area contributed by atoms with Gasteiger partial charge in [-0.1, -0.05) is 0 Å². The number of aromatic nitrogens is 2. The smallest absolute Gasteiger partial charge is 0.220 e. The fourth-order valence-corrected chi connectivity index (χ4v) is 1.06. The van der Waals surface area contributed by atoms with Crippen LogP contribution in [0.25, 0.3) is 0 Å². The van der Waals surface area contributed by atoms with Crippen molar-refractivity contribution in [3.63, 3.8) is 0 Å². The first kappa shape index (κ1) is 11.4. The lowest BCUT2D eigenvalue weighted by atomic mass is 10.4. The van der Waals surface area contributed by atoms with Gasteiger partial charge in [0.2, 0.25) is 11.8 Å². The van der Waals surface area contributed by atoms with E-state index in [1.165, 1.54) is 0 Å². The molecule has 0 amide bonds. The molecule has 5 nitrogen and oxygen atoms in total. The third-order valence-corrected chi connectivity index (χ3v) is 1.58.